The molecule has 1 unspecified atom stereocenters. The van der Waals surface area contributed by atoms with Crippen molar-refractivity contribution in [3.8, 4) is 0 Å². The zero-order chi connectivity index (χ0) is 6.85. The summed E-state index contributed by atoms with van der Waals surface area (Å²) >= 11 is 0. The number of amides is 2. The number of nitrogens with one attached hydrogen (secondary N) is 1. The predicted molar refractivity (Wildman–Crippen MR) is 32.3 cm³/mol. The molecule has 1 fully saturated rings. The first kappa shape index (κ1) is 6.31. The maximum atomic E-state index is 10.4. The fourth-order valence-electron chi connectivity index (χ4n) is 0.759. The van der Waals surface area contributed by atoms with Gasteiger partial charge in [0.25, 0.3) is 0 Å². The van der Waals surface area contributed by atoms with Crippen molar-refractivity contribution in [1.29, 1.82) is 0 Å². The molecule has 1 rings (SSSR count). The van der Waals surface area contributed by atoms with E-state index in [2.05, 4.69) is 5.43 Å². The number of primary amides is 1. The average Bonchev–Trinajstić information content (AvgIpc) is 2.14. The Morgan fingerprint density at radius 3 is 2.67 bits per heavy atom. The molecule has 1 aliphatic heterocycles. The lowest BCUT2D eigenvalue weighted by Crippen LogP contribution is -2.41. The Labute approximate surface area is 52.9 Å². The summed E-state index contributed by atoms with van der Waals surface area (Å²) in [7, 11) is 0. The van der Waals surface area contributed by atoms with Crippen LogP contribution in [0.2, 0.25) is 0 Å². The Hall–Kier alpha value is -0.810. The molecule has 2 amide bonds. The maximum absolute atomic E-state index is 10.4. The van der Waals surface area contributed by atoms with Gasteiger partial charge in [0.2, 0.25) is 0 Å². The Morgan fingerprint density at radius 2 is 2.44 bits per heavy atom. The number of rotatable bonds is 0. The maximum Gasteiger partial charge on any atom is 0.329 e. The Bertz CT molecular complexity index is 126. The SMILES string of the molecule is NC(=O)N1CC(N)CN1. The Balaban J connectivity index is 2.39. The lowest BCUT2D eigenvalue weighted by Gasteiger charge is -2.10. The van der Waals surface area contributed by atoms with Gasteiger partial charge in [-0.15, -0.1) is 0 Å². The predicted octanol–water partition coefficient (Wildman–Crippen LogP) is -1.79. The highest BCUT2D eigenvalue weighted by atomic mass is 16.2. The van der Waals surface area contributed by atoms with Crippen molar-refractivity contribution in [1.82, 2.24) is 10.4 Å². The van der Waals surface area contributed by atoms with Crippen molar-refractivity contribution in [3.63, 3.8) is 0 Å². The molecular formula is C4H10N4O. The molecule has 1 heterocycles. The second-order valence-corrected chi connectivity index (χ2v) is 2.07. The third kappa shape index (κ3) is 1.30. The number of carbonyl (C=O) groups excluding carboxylic acids is 1. The van der Waals surface area contributed by atoms with E-state index in [1.807, 2.05) is 0 Å². The number of nitrogens with two attached hydrogens (primary N) is 2. The van der Waals surface area contributed by atoms with Crippen molar-refractivity contribution < 1.29 is 4.79 Å². The van der Waals surface area contributed by atoms with Crippen LogP contribution in [-0.2, 0) is 0 Å². The number of urea groups is 1. The molecule has 0 aromatic rings. The topological polar surface area (TPSA) is 84.4 Å². The Morgan fingerprint density at radius 1 is 1.78 bits per heavy atom. The molecule has 9 heavy (non-hydrogen) atoms. The summed E-state index contributed by atoms with van der Waals surface area (Å²) in [6.07, 6.45) is 0. The van der Waals surface area contributed by atoms with E-state index in [4.69, 9.17) is 11.5 Å². The van der Waals surface area contributed by atoms with Gasteiger partial charge in [0, 0.05) is 12.6 Å². The first-order chi connectivity index (χ1) is 4.20. The normalized spacial score (nSPS) is 26.8. The van der Waals surface area contributed by atoms with Crippen LogP contribution in [0.15, 0.2) is 0 Å². The minimum atomic E-state index is -0.469. The van der Waals surface area contributed by atoms with E-state index in [0.29, 0.717) is 13.1 Å². The number of hydrogen-bond acceptors (Lipinski definition) is 3. The highest BCUT2D eigenvalue weighted by Crippen LogP contribution is 1.92. The number of nitrogens with zero attached hydrogens (tertiary/aromatic N) is 1. The summed E-state index contributed by atoms with van der Waals surface area (Å²) in [5, 5.41) is 1.31. The molecule has 1 atom stereocenters. The molecule has 0 radical (unpaired) electrons. The molecule has 5 N–H and O–H groups in total. The van der Waals surface area contributed by atoms with Crippen LogP contribution in [0.5, 0.6) is 0 Å². The van der Waals surface area contributed by atoms with Crippen molar-refractivity contribution >= 4 is 6.03 Å². The van der Waals surface area contributed by atoms with Gasteiger partial charge < -0.3 is 11.5 Å². The third-order valence-corrected chi connectivity index (χ3v) is 1.23. The lowest BCUT2D eigenvalue weighted by molar-refractivity contribution is 0.201. The van der Waals surface area contributed by atoms with E-state index in [0.717, 1.165) is 0 Å². The van der Waals surface area contributed by atoms with Gasteiger partial charge in [0.15, 0.2) is 0 Å². The summed E-state index contributed by atoms with van der Waals surface area (Å²) in [5.74, 6) is 0. The van der Waals surface area contributed by atoms with E-state index in [1.165, 1.54) is 5.01 Å². The fourth-order valence-corrected chi connectivity index (χ4v) is 0.759. The van der Waals surface area contributed by atoms with Crippen LogP contribution in [0.25, 0.3) is 0 Å². The summed E-state index contributed by atoms with van der Waals surface area (Å²) in [6.45, 7) is 1.14. The quantitative estimate of drug-likeness (QED) is 0.362. The van der Waals surface area contributed by atoms with E-state index in [1.54, 1.807) is 0 Å². The van der Waals surface area contributed by atoms with Crippen LogP contribution in [0.1, 0.15) is 0 Å². The van der Waals surface area contributed by atoms with Gasteiger partial charge in [-0.1, -0.05) is 0 Å². The molecule has 1 saturated heterocycles. The molecule has 5 nitrogen and oxygen atoms in total. The van der Waals surface area contributed by atoms with E-state index < -0.39 is 6.03 Å². The summed E-state index contributed by atoms with van der Waals surface area (Å²) in [5.41, 5.74) is 13.1. The van der Waals surface area contributed by atoms with Gasteiger partial charge in [-0.25, -0.2) is 10.2 Å². The zero-order valence-corrected chi connectivity index (χ0v) is 5.00. The standard InChI is InChI=1S/C4H10N4O/c5-3-1-7-8(2-3)4(6)9/h3,7H,1-2,5H2,(H2,6,9). The molecule has 0 spiro atoms. The number of hydrogen-bond donors (Lipinski definition) is 3. The van der Waals surface area contributed by atoms with Crippen LogP contribution in [-0.4, -0.2) is 30.2 Å². The fraction of sp³-hybridized carbons (Fsp3) is 0.750. The summed E-state index contributed by atoms with van der Waals surface area (Å²) in [4.78, 5) is 10.4. The van der Waals surface area contributed by atoms with Crippen LogP contribution >= 0.6 is 0 Å². The first-order valence-corrected chi connectivity index (χ1v) is 2.76. The van der Waals surface area contributed by atoms with Gasteiger partial charge in [-0.05, 0) is 0 Å². The van der Waals surface area contributed by atoms with E-state index in [9.17, 15) is 4.79 Å². The second-order valence-electron chi connectivity index (χ2n) is 2.07. The molecule has 0 aromatic carbocycles. The van der Waals surface area contributed by atoms with E-state index in [-0.39, 0.29) is 6.04 Å². The zero-order valence-electron chi connectivity index (χ0n) is 5.00. The molecule has 1 aliphatic rings. The molecule has 0 saturated carbocycles. The largest absolute Gasteiger partial charge is 0.350 e. The van der Waals surface area contributed by atoms with Gasteiger partial charge in [-0.3, -0.25) is 5.01 Å². The van der Waals surface area contributed by atoms with Crippen LogP contribution in [0.3, 0.4) is 0 Å². The summed E-state index contributed by atoms with van der Waals surface area (Å²) < 4.78 is 0. The monoisotopic (exact) mass is 130 g/mol. The third-order valence-electron chi connectivity index (χ3n) is 1.23. The van der Waals surface area contributed by atoms with Gasteiger partial charge in [0.05, 0.1) is 6.54 Å². The molecule has 5 heteroatoms. The van der Waals surface area contributed by atoms with Crippen LogP contribution in [0.4, 0.5) is 4.79 Å². The molecule has 0 aromatic heterocycles. The first-order valence-electron chi connectivity index (χ1n) is 2.76. The summed E-state index contributed by atoms with van der Waals surface area (Å²) in [6, 6.07) is -0.444. The Kier molecular flexibility index (Phi) is 1.54. The second kappa shape index (κ2) is 2.20. The van der Waals surface area contributed by atoms with Crippen molar-refractivity contribution in [3.05, 3.63) is 0 Å². The minimum absolute atomic E-state index is 0.0255. The average molecular weight is 130 g/mol. The van der Waals surface area contributed by atoms with Crippen LogP contribution in [0, 0.1) is 0 Å². The number of hydrazine groups is 1. The number of carbonyl (C=O) groups is 1. The van der Waals surface area contributed by atoms with Crippen molar-refractivity contribution in [2.75, 3.05) is 13.1 Å². The highest BCUT2D eigenvalue weighted by Gasteiger charge is 2.20. The highest BCUT2D eigenvalue weighted by molar-refractivity contribution is 5.71. The lowest BCUT2D eigenvalue weighted by atomic mass is 10.3. The smallest absolute Gasteiger partial charge is 0.329 e. The molecular weight excluding hydrogens is 120 g/mol. The van der Waals surface area contributed by atoms with Gasteiger partial charge in [0.1, 0.15) is 0 Å². The minimum Gasteiger partial charge on any atom is -0.350 e. The van der Waals surface area contributed by atoms with Crippen molar-refractivity contribution in [2.24, 2.45) is 11.5 Å². The van der Waals surface area contributed by atoms with E-state index >= 15 is 0 Å². The van der Waals surface area contributed by atoms with Crippen LogP contribution < -0.4 is 16.9 Å². The van der Waals surface area contributed by atoms with Gasteiger partial charge >= 0.3 is 6.03 Å². The van der Waals surface area contributed by atoms with Gasteiger partial charge in [-0.2, -0.15) is 0 Å². The molecule has 0 aliphatic carbocycles. The molecule has 0 bridgehead atoms. The molecule has 52 valence electrons. The van der Waals surface area contributed by atoms with Crippen molar-refractivity contribution in [2.45, 2.75) is 6.04 Å².